The zero-order valence-electron chi connectivity index (χ0n) is 29.0. The number of benzene rings is 1. The van der Waals surface area contributed by atoms with Crippen molar-refractivity contribution in [1.29, 1.82) is 0 Å². The van der Waals surface area contributed by atoms with Crippen LogP contribution in [0.2, 0.25) is 41.8 Å². The molecule has 0 saturated carbocycles. The normalized spacial score (nSPS) is 16.5. The van der Waals surface area contributed by atoms with Crippen LogP contribution in [0.5, 0.6) is 5.75 Å². The Kier molecular flexibility index (Phi) is 17.4. The fourth-order valence-corrected chi connectivity index (χ4v) is 17.5. The average Bonchev–Trinajstić information content (AvgIpc) is 3.23. The van der Waals surface area contributed by atoms with Gasteiger partial charge in [0.25, 0.3) is 8.32 Å². The van der Waals surface area contributed by atoms with Crippen LogP contribution in [0, 0.1) is 17.5 Å². The van der Waals surface area contributed by atoms with Crippen LogP contribution in [-0.4, -0.2) is 16.4 Å². The summed E-state index contributed by atoms with van der Waals surface area (Å²) in [6.45, 7) is 13.0. The monoisotopic (exact) mass is 678 g/mol. The molecule has 0 heterocycles. The Hall–Kier alpha value is -1.23. The van der Waals surface area contributed by atoms with Gasteiger partial charge >= 0.3 is 0 Å². The number of hydrogen-bond donors (Lipinski definition) is 0. The standard InChI is InChI=1S/C36H60F6OSi2/c1-7-11-12-13-14-15-19-25-45(27(5)6,26-20-17-16-18-24-44(21-8-2,22-9-3)23-10-4)43-36-33(40)29-28(32(39)35(36)42)30(37)34(41)31(29)38/h27,30H,7-26H2,1-6H3. The van der Waals surface area contributed by atoms with Crippen LogP contribution in [0.15, 0.2) is 5.83 Å². The van der Waals surface area contributed by atoms with E-state index >= 15 is 13.2 Å². The van der Waals surface area contributed by atoms with Gasteiger partial charge in [-0.15, -0.1) is 0 Å². The molecule has 260 valence electrons. The van der Waals surface area contributed by atoms with E-state index in [2.05, 4.69) is 27.7 Å². The van der Waals surface area contributed by atoms with Crippen LogP contribution in [0.4, 0.5) is 26.3 Å². The first-order valence-corrected chi connectivity index (χ1v) is 23.3. The Balaban J connectivity index is 2.25. The van der Waals surface area contributed by atoms with Crippen LogP contribution < -0.4 is 4.43 Å². The minimum Gasteiger partial charge on any atom is -0.539 e. The molecule has 0 N–H and O–H groups in total. The third-order valence-electron chi connectivity index (χ3n) is 10.2. The van der Waals surface area contributed by atoms with E-state index in [9.17, 15) is 13.2 Å². The van der Waals surface area contributed by atoms with Crippen LogP contribution in [-0.2, 0) is 0 Å². The average molecular weight is 679 g/mol. The maximum Gasteiger partial charge on any atom is 0.254 e. The van der Waals surface area contributed by atoms with E-state index in [1.807, 2.05) is 13.8 Å². The fourth-order valence-electron chi connectivity index (χ4n) is 7.68. The van der Waals surface area contributed by atoms with Crippen molar-refractivity contribution in [3.63, 3.8) is 0 Å². The van der Waals surface area contributed by atoms with E-state index in [0.717, 1.165) is 51.4 Å². The summed E-state index contributed by atoms with van der Waals surface area (Å²) in [5.41, 5.74) is -2.50. The summed E-state index contributed by atoms with van der Waals surface area (Å²) in [6, 6.07) is 6.79. The highest BCUT2D eigenvalue weighted by Gasteiger charge is 2.45. The first kappa shape index (κ1) is 40.0. The van der Waals surface area contributed by atoms with Crippen molar-refractivity contribution in [3.8, 4) is 5.75 Å². The van der Waals surface area contributed by atoms with Gasteiger partial charge < -0.3 is 4.43 Å². The van der Waals surface area contributed by atoms with Gasteiger partial charge in [-0.2, -0.15) is 4.39 Å². The van der Waals surface area contributed by atoms with Crippen LogP contribution in [0.1, 0.15) is 149 Å². The van der Waals surface area contributed by atoms with Crippen molar-refractivity contribution < 1.29 is 30.8 Å². The zero-order valence-corrected chi connectivity index (χ0v) is 31.0. The fraction of sp³-hybridized carbons (Fsp3) is 0.778. The maximum absolute atomic E-state index is 15.6. The lowest BCUT2D eigenvalue weighted by Crippen LogP contribution is -2.45. The predicted molar refractivity (Wildman–Crippen MR) is 183 cm³/mol. The van der Waals surface area contributed by atoms with Crippen LogP contribution in [0.25, 0.3) is 5.83 Å². The lowest BCUT2D eigenvalue weighted by atomic mass is 10.1. The molecule has 1 aromatic rings. The lowest BCUT2D eigenvalue weighted by molar-refractivity contribution is 0.323. The SMILES string of the molecule is CCCCCCCCC[Si](CCCCCC[Si](CCC)(CCC)CCC)(Oc1c(F)c(F)c2c(c1F)C(F)=C(F)C2F)C(C)C. The van der Waals surface area contributed by atoms with Crippen molar-refractivity contribution in [2.24, 2.45) is 0 Å². The molecule has 0 aliphatic heterocycles. The molecule has 2 atom stereocenters. The van der Waals surface area contributed by atoms with Crippen molar-refractivity contribution in [3.05, 3.63) is 34.4 Å². The summed E-state index contributed by atoms with van der Waals surface area (Å²) >= 11 is 0. The molecule has 0 amide bonds. The Bertz CT molecular complexity index is 1060. The largest absolute Gasteiger partial charge is 0.539 e. The summed E-state index contributed by atoms with van der Waals surface area (Å²) < 4.78 is 95.1. The number of fused-ring (bicyclic) bond motifs is 1. The van der Waals surface area contributed by atoms with Crippen molar-refractivity contribution in [1.82, 2.24) is 0 Å². The number of unbranched alkanes of at least 4 members (excludes halogenated alkanes) is 9. The quantitative estimate of drug-likeness (QED) is 0.0458. The summed E-state index contributed by atoms with van der Waals surface area (Å²) in [7, 11) is -4.22. The first-order valence-electron chi connectivity index (χ1n) is 18.0. The van der Waals surface area contributed by atoms with Crippen molar-refractivity contribution in [2.45, 2.75) is 179 Å². The van der Waals surface area contributed by atoms with Crippen molar-refractivity contribution >= 4 is 22.2 Å². The second-order valence-electron chi connectivity index (χ2n) is 13.9. The molecule has 0 radical (unpaired) electrons. The predicted octanol–water partition coefficient (Wildman–Crippen LogP) is 14.5. The molecule has 1 aliphatic rings. The van der Waals surface area contributed by atoms with E-state index < -0.39 is 68.5 Å². The van der Waals surface area contributed by atoms with E-state index in [1.54, 1.807) is 0 Å². The summed E-state index contributed by atoms with van der Waals surface area (Å²) in [5.74, 6) is -9.79. The number of allylic oxidation sites excluding steroid dienone is 1. The molecule has 0 fully saturated rings. The molecule has 0 aromatic heterocycles. The Morgan fingerprint density at radius 3 is 1.51 bits per heavy atom. The van der Waals surface area contributed by atoms with Gasteiger partial charge in [-0.3, -0.25) is 0 Å². The molecular weight excluding hydrogens is 619 g/mol. The topological polar surface area (TPSA) is 9.23 Å². The highest BCUT2D eigenvalue weighted by molar-refractivity contribution is 6.79. The van der Waals surface area contributed by atoms with E-state index in [-0.39, 0.29) is 5.54 Å². The van der Waals surface area contributed by atoms with Gasteiger partial charge in [0.05, 0.1) is 13.6 Å². The van der Waals surface area contributed by atoms with Gasteiger partial charge in [-0.05, 0) is 17.6 Å². The summed E-state index contributed by atoms with van der Waals surface area (Å²) in [6.07, 6.45) is 12.5. The van der Waals surface area contributed by atoms with E-state index in [4.69, 9.17) is 4.43 Å². The summed E-state index contributed by atoms with van der Waals surface area (Å²) in [5, 5.41) is 0. The number of alkyl halides is 1. The van der Waals surface area contributed by atoms with Gasteiger partial charge in [-0.1, -0.05) is 156 Å². The molecule has 1 aromatic carbocycles. The van der Waals surface area contributed by atoms with Gasteiger partial charge in [0.15, 0.2) is 35.2 Å². The summed E-state index contributed by atoms with van der Waals surface area (Å²) in [4.78, 5) is 0. The van der Waals surface area contributed by atoms with Crippen LogP contribution in [0.3, 0.4) is 0 Å². The Labute approximate surface area is 272 Å². The molecule has 0 saturated heterocycles. The molecule has 45 heavy (non-hydrogen) atoms. The third-order valence-corrected chi connectivity index (χ3v) is 21.4. The van der Waals surface area contributed by atoms with Gasteiger partial charge in [0, 0.05) is 5.56 Å². The minimum absolute atomic E-state index is 0.0579. The molecule has 1 nitrogen and oxygen atoms in total. The Morgan fingerprint density at radius 2 is 1.04 bits per heavy atom. The van der Waals surface area contributed by atoms with Gasteiger partial charge in [0.2, 0.25) is 5.82 Å². The highest BCUT2D eigenvalue weighted by Crippen LogP contribution is 2.50. The van der Waals surface area contributed by atoms with Crippen LogP contribution >= 0.6 is 0 Å². The van der Waals surface area contributed by atoms with E-state index in [1.165, 1.54) is 62.7 Å². The smallest absolute Gasteiger partial charge is 0.254 e. The number of halogens is 6. The molecule has 2 rings (SSSR count). The van der Waals surface area contributed by atoms with Gasteiger partial charge in [0.1, 0.15) is 0 Å². The third kappa shape index (κ3) is 10.4. The number of hydrogen-bond acceptors (Lipinski definition) is 1. The second kappa shape index (κ2) is 19.6. The molecule has 0 bridgehead atoms. The maximum atomic E-state index is 15.6. The molecule has 0 spiro atoms. The highest BCUT2D eigenvalue weighted by atomic mass is 28.4. The Morgan fingerprint density at radius 1 is 0.578 bits per heavy atom. The van der Waals surface area contributed by atoms with Gasteiger partial charge in [-0.25, -0.2) is 22.0 Å². The van der Waals surface area contributed by atoms with Crippen molar-refractivity contribution in [2.75, 3.05) is 0 Å². The number of rotatable bonds is 24. The van der Waals surface area contributed by atoms with E-state index in [0.29, 0.717) is 12.1 Å². The molecular formula is C36H60F6OSi2. The first-order chi connectivity index (χ1) is 21.5. The molecule has 2 unspecified atom stereocenters. The lowest BCUT2D eigenvalue weighted by Gasteiger charge is -2.36. The minimum atomic E-state index is -2.96. The molecule has 9 heteroatoms. The second-order valence-corrected chi connectivity index (χ2v) is 23.4. The molecule has 1 aliphatic carbocycles. The zero-order chi connectivity index (χ0) is 33.6.